The van der Waals surface area contributed by atoms with Gasteiger partial charge in [-0.15, -0.1) is 0 Å². The van der Waals surface area contributed by atoms with E-state index in [-0.39, 0.29) is 37.2 Å². The number of hydrogen-bond donors (Lipinski definition) is 1. The summed E-state index contributed by atoms with van der Waals surface area (Å²) in [5.74, 6) is -2.22. The summed E-state index contributed by atoms with van der Waals surface area (Å²) in [5.41, 5.74) is 0.833. The van der Waals surface area contributed by atoms with Gasteiger partial charge in [0.05, 0.1) is 17.2 Å². The maximum Gasteiger partial charge on any atom is 0.416 e. The summed E-state index contributed by atoms with van der Waals surface area (Å²) in [6.07, 6.45) is -3.06. The molecule has 188 valence electrons. The molecule has 2 aliphatic rings. The molecule has 8 nitrogen and oxygen atoms in total. The maximum atomic E-state index is 13.3. The van der Waals surface area contributed by atoms with E-state index in [2.05, 4.69) is 16.7 Å². The van der Waals surface area contributed by atoms with Gasteiger partial charge in [0.15, 0.2) is 5.83 Å². The van der Waals surface area contributed by atoms with E-state index in [0.717, 1.165) is 12.1 Å². The van der Waals surface area contributed by atoms with Crippen LogP contribution in [0.2, 0.25) is 0 Å². The zero-order valence-electron chi connectivity index (χ0n) is 18.9. The van der Waals surface area contributed by atoms with Crippen molar-refractivity contribution in [2.24, 2.45) is 5.92 Å². The molecule has 0 unspecified atom stereocenters. The van der Waals surface area contributed by atoms with Crippen molar-refractivity contribution in [1.82, 2.24) is 24.6 Å². The fourth-order valence-electron chi connectivity index (χ4n) is 4.48. The normalized spacial score (nSPS) is 16.7. The molecule has 1 N–H and O–H groups in total. The van der Waals surface area contributed by atoms with Gasteiger partial charge in [-0.3, -0.25) is 19.3 Å². The van der Waals surface area contributed by atoms with Gasteiger partial charge in [0.2, 0.25) is 0 Å². The molecule has 12 heteroatoms. The summed E-state index contributed by atoms with van der Waals surface area (Å²) < 4.78 is 54.0. The van der Waals surface area contributed by atoms with Crippen molar-refractivity contribution in [1.29, 1.82) is 0 Å². The molecule has 2 saturated heterocycles. The van der Waals surface area contributed by atoms with E-state index < -0.39 is 29.5 Å². The molecule has 2 aromatic heterocycles. The molecule has 0 atom stereocenters. The van der Waals surface area contributed by atoms with Crippen LogP contribution < -0.4 is 0 Å². The third-order valence-electron chi connectivity index (χ3n) is 6.53. The number of nitrogens with zero attached hydrogens (tertiary/aromatic N) is 5. The number of rotatable bonds is 5. The second-order valence-electron chi connectivity index (χ2n) is 8.95. The fourth-order valence-corrected chi connectivity index (χ4v) is 4.48. The third kappa shape index (κ3) is 4.00. The van der Waals surface area contributed by atoms with E-state index in [1.54, 1.807) is 4.90 Å². The Morgan fingerprint density at radius 2 is 1.72 bits per heavy atom. The third-order valence-corrected chi connectivity index (χ3v) is 6.53. The van der Waals surface area contributed by atoms with Crippen LogP contribution in [-0.4, -0.2) is 74.3 Å². The van der Waals surface area contributed by atoms with Crippen LogP contribution in [0.1, 0.15) is 22.0 Å². The molecule has 4 heterocycles. The first-order chi connectivity index (χ1) is 17.1. The molecule has 1 aromatic carbocycles. The molecule has 0 aliphatic carbocycles. The Bertz CT molecular complexity index is 1360. The Morgan fingerprint density at radius 1 is 1.06 bits per heavy atom. The summed E-state index contributed by atoms with van der Waals surface area (Å²) in [6.45, 7) is 4.00. The number of aliphatic hydroxyl groups is 1. The molecule has 5 rings (SSSR count). The number of aliphatic hydroxyl groups excluding tert-OH is 1. The number of fused-ring (bicyclic) bond motifs is 1. The molecule has 0 bridgehead atoms. The van der Waals surface area contributed by atoms with E-state index in [1.165, 1.54) is 34.0 Å². The summed E-state index contributed by atoms with van der Waals surface area (Å²) in [6, 6.07) is 5.60. The van der Waals surface area contributed by atoms with Crippen LogP contribution in [0.15, 0.2) is 48.9 Å². The van der Waals surface area contributed by atoms with E-state index >= 15 is 0 Å². The van der Waals surface area contributed by atoms with E-state index in [0.29, 0.717) is 35.2 Å². The molecular formula is C24H21F4N5O3. The van der Waals surface area contributed by atoms with E-state index in [1.807, 2.05) is 0 Å². The lowest BCUT2D eigenvalue weighted by molar-refractivity contribution is -0.137. The molecule has 0 saturated carbocycles. The van der Waals surface area contributed by atoms with Crippen molar-refractivity contribution in [3.05, 3.63) is 60.1 Å². The lowest BCUT2D eigenvalue weighted by Crippen LogP contribution is -2.52. The summed E-state index contributed by atoms with van der Waals surface area (Å²) in [5, 5.41) is 13.9. The van der Waals surface area contributed by atoms with Gasteiger partial charge < -0.3 is 14.9 Å². The molecule has 2 amide bonds. The van der Waals surface area contributed by atoms with Crippen molar-refractivity contribution >= 4 is 22.8 Å². The Hall–Kier alpha value is -3.80. The molecule has 36 heavy (non-hydrogen) atoms. The number of pyridine rings is 1. The lowest BCUT2D eigenvalue weighted by Gasteiger charge is -2.40. The number of carbonyl (C=O) groups is 2. The Balaban J connectivity index is 1.57. The highest BCUT2D eigenvalue weighted by atomic mass is 19.4. The first-order valence-corrected chi connectivity index (χ1v) is 11.2. The van der Waals surface area contributed by atoms with E-state index in [4.69, 9.17) is 0 Å². The number of amides is 2. The average molecular weight is 503 g/mol. The van der Waals surface area contributed by atoms with Gasteiger partial charge in [-0.25, -0.2) is 4.39 Å². The number of carbonyl (C=O) groups excluding carboxylic acids is 2. The molecule has 0 spiro atoms. The minimum Gasteiger partial charge on any atom is -0.396 e. The highest BCUT2D eigenvalue weighted by Crippen LogP contribution is 2.36. The zero-order chi connectivity index (χ0) is 25.8. The second-order valence-corrected chi connectivity index (χ2v) is 8.95. The van der Waals surface area contributed by atoms with Crippen LogP contribution >= 0.6 is 0 Å². The molecule has 2 fully saturated rings. The monoisotopic (exact) mass is 503 g/mol. The average Bonchev–Trinajstić information content (AvgIpc) is 3.16. The number of alkyl halides is 3. The van der Waals surface area contributed by atoms with Crippen LogP contribution in [-0.2, 0) is 11.0 Å². The number of likely N-dealkylation sites (tertiary alicyclic amines) is 2. The Labute approximate surface area is 202 Å². The number of benzene rings is 1. The van der Waals surface area contributed by atoms with Crippen molar-refractivity contribution in [3.8, 4) is 11.3 Å². The molecule has 0 radical (unpaired) electrons. The summed E-state index contributed by atoms with van der Waals surface area (Å²) in [7, 11) is 0. The standard InChI is InChI=1S/C24H21F4N5O3/c1-13(25)22(35)32-10-17(11-32)33-21-18(23(36)31-8-14(9-31)12-34)6-7-29-20(21)19(30-33)15-2-4-16(5-3-15)24(26,27)28/h2-7,14,17,34H,1,8-12H2. The number of hydrogen-bond acceptors (Lipinski definition) is 5. The van der Waals surface area contributed by atoms with Gasteiger partial charge in [-0.05, 0) is 18.2 Å². The Kier molecular flexibility index (Phi) is 5.78. The Morgan fingerprint density at radius 3 is 2.31 bits per heavy atom. The van der Waals surface area contributed by atoms with Crippen molar-refractivity contribution in [3.63, 3.8) is 0 Å². The number of aromatic nitrogens is 3. The van der Waals surface area contributed by atoms with Crippen molar-refractivity contribution in [2.45, 2.75) is 12.2 Å². The minimum absolute atomic E-state index is 0.00102. The molecule has 2 aliphatic heterocycles. The lowest BCUT2D eigenvalue weighted by atomic mass is 9.99. The van der Waals surface area contributed by atoms with Gasteiger partial charge >= 0.3 is 6.18 Å². The second kappa shape index (κ2) is 8.70. The van der Waals surface area contributed by atoms with Gasteiger partial charge in [0, 0.05) is 50.5 Å². The van der Waals surface area contributed by atoms with Crippen LogP contribution in [0.25, 0.3) is 22.3 Å². The van der Waals surface area contributed by atoms with Crippen molar-refractivity contribution in [2.75, 3.05) is 32.8 Å². The predicted molar refractivity (Wildman–Crippen MR) is 120 cm³/mol. The highest BCUT2D eigenvalue weighted by Gasteiger charge is 2.38. The van der Waals surface area contributed by atoms with Gasteiger partial charge in [0.25, 0.3) is 11.8 Å². The SMILES string of the molecule is C=C(F)C(=O)N1CC(n2nc(-c3ccc(C(F)(F)F)cc3)c3nccc(C(=O)N4CC(CO)C4)c32)C1. The topological polar surface area (TPSA) is 91.6 Å². The quantitative estimate of drug-likeness (QED) is 0.427. The van der Waals surface area contributed by atoms with Gasteiger partial charge in [-0.2, -0.15) is 18.3 Å². The first kappa shape index (κ1) is 23.9. The van der Waals surface area contributed by atoms with Crippen molar-refractivity contribution < 1.29 is 32.3 Å². The maximum absolute atomic E-state index is 13.3. The van der Waals surface area contributed by atoms with Gasteiger partial charge in [0.1, 0.15) is 16.7 Å². The van der Waals surface area contributed by atoms with E-state index in [9.17, 15) is 32.3 Å². The van der Waals surface area contributed by atoms with Crippen LogP contribution in [0.4, 0.5) is 17.6 Å². The smallest absolute Gasteiger partial charge is 0.396 e. The largest absolute Gasteiger partial charge is 0.416 e. The summed E-state index contributed by atoms with van der Waals surface area (Å²) >= 11 is 0. The molecular weight excluding hydrogens is 482 g/mol. The van der Waals surface area contributed by atoms with Crippen LogP contribution in [0.3, 0.4) is 0 Å². The predicted octanol–water partition coefficient (Wildman–Crippen LogP) is 3.05. The zero-order valence-corrected chi connectivity index (χ0v) is 18.9. The summed E-state index contributed by atoms with van der Waals surface area (Å²) in [4.78, 5) is 32.4. The highest BCUT2D eigenvalue weighted by molar-refractivity contribution is 6.07. The number of halogens is 4. The minimum atomic E-state index is -4.50. The van der Waals surface area contributed by atoms with Crippen LogP contribution in [0.5, 0.6) is 0 Å². The first-order valence-electron chi connectivity index (χ1n) is 11.2. The van der Waals surface area contributed by atoms with Crippen LogP contribution in [0, 0.1) is 5.92 Å². The fraction of sp³-hybridized carbons (Fsp3) is 0.333. The molecule has 3 aromatic rings. The van der Waals surface area contributed by atoms with Gasteiger partial charge in [-0.1, -0.05) is 18.7 Å².